The monoisotopic (exact) mass is 694 g/mol. The van der Waals surface area contributed by atoms with Crippen LogP contribution in [0.25, 0.3) is 55.3 Å². The Morgan fingerprint density at radius 1 is 0.444 bits per heavy atom. The average Bonchev–Trinajstić information content (AvgIpc) is 3.71. The van der Waals surface area contributed by atoms with Gasteiger partial charge in [0.2, 0.25) is 0 Å². The second-order valence-electron chi connectivity index (χ2n) is 14.7. The first-order valence-electron chi connectivity index (χ1n) is 18.6. The van der Waals surface area contributed by atoms with Crippen molar-refractivity contribution in [1.29, 1.82) is 0 Å². The molecular formula is C51H38N2O. The molecule has 8 aromatic carbocycles. The number of furan rings is 1. The van der Waals surface area contributed by atoms with Gasteiger partial charge in [-0.15, -0.1) is 0 Å². The zero-order valence-corrected chi connectivity index (χ0v) is 30.3. The maximum Gasteiger partial charge on any atom is 0.143 e. The Morgan fingerprint density at radius 3 is 1.85 bits per heavy atom. The van der Waals surface area contributed by atoms with Gasteiger partial charge in [0.05, 0.1) is 0 Å². The van der Waals surface area contributed by atoms with E-state index in [-0.39, 0.29) is 5.41 Å². The van der Waals surface area contributed by atoms with Crippen molar-refractivity contribution >= 4 is 50.4 Å². The molecule has 54 heavy (non-hydrogen) atoms. The van der Waals surface area contributed by atoms with E-state index in [0.717, 1.165) is 61.5 Å². The van der Waals surface area contributed by atoms with Gasteiger partial charge in [0.1, 0.15) is 11.2 Å². The van der Waals surface area contributed by atoms with E-state index in [0.29, 0.717) is 0 Å². The largest absolute Gasteiger partial charge is 0.455 e. The number of para-hydroxylation sites is 4. The Hall–Kier alpha value is -6.84. The van der Waals surface area contributed by atoms with Crippen molar-refractivity contribution in [2.45, 2.75) is 19.3 Å². The summed E-state index contributed by atoms with van der Waals surface area (Å²) in [7, 11) is 0. The van der Waals surface area contributed by atoms with Crippen molar-refractivity contribution in [2.24, 2.45) is 0 Å². The van der Waals surface area contributed by atoms with Crippen LogP contribution in [0.3, 0.4) is 0 Å². The van der Waals surface area contributed by atoms with Crippen LogP contribution in [-0.2, 0) is 5.41 Å². The van der Waals surface area contributed by atoms with E-state index in [1.807, 2.05) is 12.1 Å². The summed E-state index contributed by atoms with van der Waals surface area (Å²) in [5.41, 5.74) is 17.0. The first kappa shape index (κ1) is 31.9. The lowest BCUT2D eigenvalue weighted by Gasteiger charge is -2.28. The van der Waals surface area contributed by atoms with Crippen molar-refractivity contribution in [3.05, 3.63) is 199 Å². The molecule has 258 valence electrons. The van der Waals surface area contributed by atoms with Crippen molar-refractivity contribution in [1.82, 2.24) is 0 Å². The fourth-order valence-electron chi connectivity index (χ4n) is 8.35. The van der Waals surface area contributed by atoms with Crippen molar-refractivity contribution in [3.8, 4) is 33.4 Å². The van der Waals surface area contributed by atoms with Crippen LogP contribution in [0.1, 0.15) is 25.0 Å². The molecule has 0 fully saturated rings. The molecule has 3 heteroatoms. The summed E-state index contributed by atoms with van der Waals surface area (Å²) < 4.78 is 6.39. The predicted molar refractivity (Wildman–Crippen MR) is 227 cm³/mol. The Labute approximate surface area is 315 Å². The lowest BCUT2D eigenvalue weighted by Crippen LogP contribution is -2.16. The van der Waals surface area contributed by atoms with E-state index in [2.05, 4.69) is 200 Å². The summed E-state index contributed by atoms with van der Waals surface area (Å²) in [4.78, 5) is 2.36. The van der Waals surface area contributed by atoms with Crippen LogP contribution in [0, 0.1) is 0 Å². The topological polar surface area (TPSA) is 28.4 Å². The molecule has 0 atom stereocenters. The van der Waals surface area contributed by atoms with Crippen LogP contribution in [0.4, 0.5) is 28.4 Å². The first-order valence-corrected chi connectivity index (χ1v) is 18.6. The average molecular weight is 695 g/mol. The van der Waals surface area contributed by atoms with Gasteiger partial charge in [-0.05, 0) is 94.0 Å². The van der Waals surface area contributed by atoms with Crippen LogP contribution < -0.4 is 10.2 Å². The molecule has 1 aliphatic rings. The van der Waals surface area contributed by atoms with Crippen molar-refractivity contribution in [3.63, 3.8) is 0 Å². The maximum absolute atomic E-state index is 6.39. The Kier molecular flexibility index (Phi) is 7.48. The number of benzene rings is 8. The normalized spacial score (nSPS) is 12.8. The van der Waals surface area contributed by atoms with Crippen LogP contribution in [0.15, 0.2) is 192 Å². The predicted octanol–water partition coefficient (Wildman–Crippen LogP) is 14.4. The molecule has 0 unspecified atom stereocenters. The minimum absolute atomic E-state index is 0.200. The quantitative estimate of drug-likeness (QED) is 0.180. The highest BCUT2D eigenvalue weighted by molar-refractivity contribution is 6.09. The third-order valence-corrected chi connectivity index (χ3v) is 11.1. The third kappa shape index (κ3) is 5.28. The maximum atomic E-state index is 6.39. The van der Waals surface area contributed by atoms with Crippen molar-refractivity contribution in [2.75, 3.05) is 10.2 Å². The summed E-state index contributed by atoms with van der Waals surface area (Å²) in [6.45, 7) is 4.70. The highest BCUT2D eigenvalue weighted by atomic mass is 16.3. The smallest absolute Gasteiger partial charge is 0.143 e. The third-order valence-electron chi connectivity index (χ3n) is 11.1. The Balaban J connectivity index is 1.00. The van der Waals surface area contributed by atoms with Crippen LogP contribution in [0.2, 0.25) is 0 Å². The summed E-state index contributed by atoms with van der Waals surface area (Å²) >= 11 is 0. The Morgan fingerprint density at radius 2 is 1.04 bits per heavy atom. The first-order chi connectivity index (χ1) is 26.5. The second-order valence-corrected chi connectivity index (χ2v) is 14.7. The number of anilines is 5. The zero-order valence-electron chi connectivity index (χ0n) is 30.3. The molecule has 1 N–H and O–H groups in total. The van der Waals surface area contributed by atoms with Gasteiger partial charge >= 0.3 is 0 Å². The molecule has 0 radical (unpaired) electrons. The molecule has 3 nitrogen and oxygen atoms in total. The number of nitrogens with zero attached hydrogens (tertiary/aromatic N) is 1. The van der Waals surface area contributed by atoms with E-state index in [1.54, 1.807) is 0 Å². The highest BCUT2D eigenvalue weighted by Gasteiger charge is 2.36. The van der Waals surface area contributed by atoms with Crippen molar-refractivity contribution < 1.29 is 4.42 Å². The van der Waals surface area contributed by atoms with Gasteiger partial charge in [0.25, 0.3) is 0 Å². The molecule has 1 aromatic heterocycles. The summed E-state index contributed by atoms with van der Waals surface area (Å²) in [6, 6.07) is 67.1. The van der Waals surface area contributed by atoms with E-state index >= 15 is 0 Å². The molecule has 0 aliphatic heterocycles. The lowest BCUT2D eigenvalue weighted by atomic mass is 9.82. The summed E-state index contributed by atoms with van der Waals surface area (Å²) in [6.07, 6.45) is 0. The minimum Gasteiger partial charge on any atom is -0.455 e. The SMILES string of the molecule is CC1(C)c2cc(Nc3ccccc3-c3ccccc3)ccc2-c2ccc(N(c3ccccc3)c3ccc(-c4cccc5c4oc4ccccc45)cc3)cc21. The van der Waals surface area contributed by atoms with E-state index < -0.39 is 0 Å². The number of hydrogen-bond donors (Lipinski definition) is 1. The molecule has 0 amide bonds. The van der Waals surface area contributed by atoms with Gasteiger partial charge in [0.15, 0.2) is 0 Å². The molecule has 1 aliphatic carbocycles. The fourth-order valence-corrected chi connectivity index (χ4v) is 8.35. The Bertz CT molecular complexity index is 2820. The molecule has 0 saturated heterocycles. The van der Waals surface area contributed by atoms with Gasteiger partial charge < -0.3 is 14.6 Å². The van der Waals surface area contributed by atoms with Gasteiger partial charge in [-0.2, -0.15) is 0 Å². The number of hydrogen-bond acceptors (Lipinski definition) is 3. The number of nitrogens with one attached hydrogen (secondary N) is 1. The molecule has 9 aromatic rings. The van der Waals surface area contributed by atoms with Gasteiger partial charge in [-0.25, -0.2) is 0 Å². The molecule has 1 heterocycles. The minimum atomic E-state index is -0.200. The fraction of sp³-hybridized carbons (Fsp3) is 0.0588. The molecule has 0 bridgehead atoms. The number of fused-ring (bicyclic) bond motifs is 6. The summed E-state index contributed by atoms with van der Waals surface area (Å²) in [5.74, 6) is 0. The lowest BCUT2D eigenvalue weighted by molar-refractivity contribution is 0.660. The second kappa shape index (κ2) is 12.7. The molecule has 0 spiro atoms. The zero-order chi connectivity index (χ0) is 36.2. The van der Waals surface area contributed by atoms with Gasteiger partial charge in [-0.1, -0.05) is 141 Å². The van der Waals surface area contributed by atoms with Gasteiger partial charge in [-0.3, -0.25) is 0 Å². The standard InChI is InChI=1S/C51H38N2O/c1-51(2)46-32-36(52-48-22-11-9-18-40(48)34-14-5-3-6-15-34)26-30-42(46)43-31-29-39(33-47(43)51)53(37-16-7-4-8-17-37)38-27-24-35(25-28-38)41-20-13-21-45-44-19-10-12-23-49(44)54-50(41)45/h3-33,52H,1-2H3. The molecular weight excluding hydrogens is 657 g/mol. The highest BCUT2D eigenvalue weighted by Crippen LogP contribution is 2.52. The molecule has 10 rings (SSSR count). The van der Waals surface area contributed by atoms with Crippen LogP contribution in [0.5, 0.6) is 0 Å². The van der Waals surface area contributed by atoms with E-state index in [4.69, 9.17) is 4.42 Å². The van der Waals surface area contributed by atoms with Crippen LogP contribution >= 0.6 is 0 Å². The molecule has 0 saturated carbocycles. The van der Waals surface area contributed by atoms with E-state index in [9.17, 15) is 0 Å². The summed E-state index contributed by atoms with van der Waals surface area (Å²) in [5, 5.41) is 6.04. The number of rotatable bonds is 7. The van der Waals surface area contributed by atoms with Crippen LogP contribution in [-0.4, -0.2) is 0 Å². The van der Waals surface area contributed by atoms with Gasteiger partial charge in [0, 0.05) is 55.8 Å². The van der Waals surface area contributed by atoms with E-state index in [1.165, 1.54) is 33.4 Å².